The van der Waals surface area contributed by atoms with E-state index in [0.717, 1.165) is 23.1 Å². The molecular formula is C16H17N5O6S2. The highest BCUT2D eigenvalue weighted by Gasteiger charge is 2.19. The van der Waals surface area contributed by atoms with Crippen molar-refractivity contribution in [2.24, 2.45) is 0 Å². The summed E-state index contributed by atoms with van der Waals surface area (Å²) in [6, 6.07) is 4.22. The van der Waals surface area contributed by atoms with Crippen LogP contribution in [0.15, 0.2) is 22.5 Å². The molecule has 0 aliphatic carbocycles. The SMILES string of the molecule is CCOC(=O)CNC(=O)CSc1nnc(NC(=O)c2cccc([N+](=O)[O-])c2C)s1. The van der Waals surface area contributed by atoms with E-state index in [1.165, 1.54) is 25.1 Å². The molecule has 0 radical (unpaired) electrons. The van der Waals surface area contributed by atoms with E-state index in [4.69, 9.17) is 4.74 Å². The molecule has 2 rings (SSSR count). The van der Waals surface area contributed by atoms with Crippen molar-refractivity contribution in [1.82, 2.24) is 15.5 Å². The predicted octanol–water partition coefficient (Wildman–Crippen LogP) is 1.78. The molecule has 0 fully saturated rings. The summed E-state index contributed by atoms with van der Waals surface area (Å²) in [4.78, 5) is 45.7. The molecule has 1 aromatic carbocycles. The number of nitrogens with zero attached hydrogens (tertiary/aromatic N) is 3. The molecule has 0 atom stereocenters. The number of esters is 1. The average molecular weight is 439 g/mol. The summed E-state index contributed by atoms with van der Waals surface area (Å²) in [6.07, 6.45) is 0. The minimum atomic E-state index is -0.557. The first-order valence-corrected chi connectivity index (χ1v) is 10.1. The van der Waals surface area contributed by atoms with Crippen molar-refractivity contribution in [2.45, 2.75) is 18.2 Å². The maximum absolute atomic E-state index is 12.4. The van der Waals surface area contributed by atoms with Gasteiger partial charge in [-0.15, -0.1) is 10.2 Å². The number of thioether (sulfide) groups is 1. The van der Waals surface area contributed by atoms with Crippen molar-refractivity contribution in [3.05, 3.63) is 39.4 Å². The third-order valence-electron chi connectivity index (χ3n) is 3.44. The van der Waals surface area contributed by atoms with Gasteiger partial charge in [-0.25, -0.2) is 0 Å². The van der Waals surface area contributed by atoms with E-state index in [-0.39, 0.29) is 46.8 Å². The summed E-state index contributed by atoms with van der Waals surface area (Å²) in [5.41, 5.74) is 0.245. The van der Waals surface area contributed by atoms with Gasteiger partial charge in [-0.1, -0.05) is 29.2 Å². The van der Waals surface area contributed by atoms with Crippen LogP contribution in [0.4, 0.5) is 10.8 Å². The average Bonchev–Trinajstić information content (AvgIpc) is 3.12. The molecule has 2 N–H and O–H groups in total. The van der Waals surface area contributed by atoms with Crippen molar-refractivity contribution in [3.63, 3.8) is 0 Å². The number of benzene rings is 1. The fraction of sp³-hybridized carbons (Fsp3) is 0.312. The van der Waals surface area contributed by atoms with Crippen LogP contribution >= 0.6 is 23.1 Å². The van der Waals surface area contributed by atoms with E-state index in [2.05, 4.69) is 20.8 Å². The highest BCUT2D eigenvalue weighted by molar-refractivity contribution is 8.01. The number of aromatic nitrogens is 2. The van der Waals surface area contributed by atoms with Gasteiger partial charge in [0.25, 0.3) is 11.6 Å². The fourth-order valence-corrected chi connectivity index (χ4v) is 3.69. The Morgan fingerprint density at radius 1 is 1.31 bits per heavy atom. The maximum Gasteiger partial charge on any atom is 0.325 e. The quantitative estimate of drug-likeness (QED) is 0.196. The summed E-state index contributed by atoms with van der Waals surface area (Å²) in [5.74, 6) is -1.45. The van der Waals surface area contributed by atoms with Gasteiger partial charge in [-0.2, -0.15) is 0 Å². The molecule has 29 heavy (non-hydrogen) atoms. The molecule has 2 amide bonds. The molecule has 154 valence electrons. The molecule has 0 aliphatic heterocycles. The molecule has 0 saturated heterocycles. The zero-order chi connectivity index (χ0) is 21.4. The Morgan fingerprint density at radius 2 is 2.07 bits per heavy atom. The van der Waals surface area contributed by atoms with Gasteiger partial charge in [0, 0.05) is 17.2 Å². The fourth-order valence-electron chi connectivity index (χ4n) is 2.11. The Labute approximate surface area is 173 Å². The second-order valence-electron chi connectivity index (χ2n) is 5.40. The Morgan fingerprint density at radius 3 is 2.76 bits per heavy atom. The standard InChI is InChI=1S/C16H17N5O6S2/c1-3-27-13(23)7-17-12(22)8-28-16-20-19-15(29-16)18-14(24)10-5-4-6-11(9(10)2)21(25)26/h4-6H,3,7-8H2,1-2H3,(H,17,22)(H,18,19,24). The van der Waals surface area contributed by atoms with Gasteiger partial charge >= 0.3 is 5.97 Å². The van der Waals surface area contributed by atoms with Crippen molar-refractivity contribution >= 4 is 51.7 Å². The summed E-state index contributed by atoms with van der Waals surface area (Å²) < 4.78 is 5.14. The number of carbonyl (C=O) groups is 3. The van der Waals surface area contributed by atoms with Crippen molar-refractivity contribution in [2.75, 3.05) is 24.2 Å². The van der Waals surface area contributed by atoms with Crippen molar-refractivity contribution in [1.29, 1.82) is 0 Å². The Kier molecular flexibility index (Phi) is 8.03. The lowest BCUT2D eigenvalue weighted by molar-refractivity contribution is -0.385. The van der Waals surface area contributed by atoms with E-state index in [1.807, 2.05) is 0 Å². The number of amides is 2. The van der Waals surface area contributed by atoms with E-state index in [9.17, 15) is 24.5 Å². The number of hydrogen-bond acceptors (Lipinski definition) is 10. The van der Waals surface area contributed by atoms with Crippen molar-refractivity contribution in [3.8, 4) is 0 Å². The molecule has 2 aromatic rings. The highest BCUT2D eigenvalue weighted by Crippen LogP contribution is 2.27. The van der Waals surface area contributed by atoms with Crippen LogP contribution in [-0.4, -0.2) is 51.8 Å². The van der Waals surface area contributed by atoms with Crippen LogP contribution in [0.1, 0.15) is 22.8 Å². The number of ether oxygens (including phenoxy) is 1. The third-order valence-corrected chi connectivity index (χ3v) is 5.41. The molecule has 1 aromatic heterocycles. The molecule has 0 aliphatic rings. The largest absolute Gasteiger partial charge is 0.465 e. The van der Waals surface area contributed by atoms with Crippen LogP contribution in [0.25, 0.3) is 0 Å². The Balaban J connectivity index is 1.90. The molecule has 0 saturated carbocycles. The first kappa shape index (κ1) is 22.2. The van der Waals surface area contributed by atoms with Crippen LogP contribution in [0.3, 0.4) is 0 Å². The van der Waals surface area contributed by atoms with E-state index >= 15 is 0 Å². The zero-order valence-corrected chi connectivity index (χ0v) is 17.1. The Hall–Kier alpha value is -3.06. The van der Waals surface area contributed by atoms with Crippen LogP contribution in [-0.2, 0) is 14.3 Å². The minimum absolute atomic E-state index is 0.00593. The Bertz CT molecular complexity index is 932. The summed E-state index contributed by atoms with van der Waals surface area (Å²) in [7, 11) is 0. The first-order chi connectivity index (χ1) is 13.8. The van der Waals surface area contributed by atoms with Crippen LogP contribution in [0.2, 0.25) is 0 Å². The molecule has 13 heteroatoms. The lowest BCUT2D eigenvalue weighted by atomic mass is 10.1. The number of nitro benzene ring substituents is 1. The van der Waals surface area contributed by atoms with Crippen LogP contribution in [0, 0.1) is 17.0 Å². The van der Waals surface area contributed by atoms with E-state index in [0.29, 0.717) is 4.34 Å². The number of nitrogens with one attached hydrogen (secondary N) is 2. The minimum Gasteiger partial charge on any atom is -0.465 e. The summed E-state index contributed by atoms with van der Waals surface area (Å²) in [6.45, 7) is 3.18. The molecule has 11 nitrogen and oxygen atoms in total. The lowest BCUT2D eigenvalue weighted by Crippen LogP contribution is -2.31. The molecule has 1 heterocycles. The van der Waals surface area contributed by atoms with Gasteiger partial charge in [0.05, 0.1) is 17.3 Å². The normalized spacial score (nSPS) is 10.3. The van der Waals surface area contributed by atoms with Crippen molar-refractivity contribution < 1.29 is 24.0 Å². The van der Waals surface area contributed by atoms with Gasteiger partial charge in [0.1, 0.15) is 6.54 Å². The second kappa shape index (κ2) is 10.5. The molecule has 0 unspecified atom stereocenters. The second-order valence-corrected chi connectivity index (χ2v) is 7.60. The molecule has 0 spiro atoms. The monoisotopic (exact) mass is 439 g/mol. The maximum atomic E-state index is 12.4. The smallest absolute Gasteiger partial charge is 0.325 e. The zero-order valence-electron chi connectivity index (χ0n) is 15.5. The van der Waals surface area contributed by atoms with Crippen LogP contribution in [0.5, 0.6) is 0 Å². The third kappa shape index (κ3) is 6.50. The van der Waals surface area contributed by atoms with E-state index < -0.39 is 16.8 Å². The molecule has 0 bridgehead atoms. The highest BCUT2D eigenvalue weighted by atomic mass is 32.2. The number of hydrogen-bond donors (Lipinski definition) is 2. The van der Waals surface area contributed by atoms with Gasteiger partial charge < -0.3 is 10.1 Å². The van der Waals surface area contributed by atoms with Gasteiger partial charge in [-0.05, 0) is 19.9 Å². The summed E-state index contributed by atoms with van der Waals surface area (Å²) in [5, 5.41) is 23.8. The topological polar surface area (TPSA) is 153 Å². The number of carbonyl (C=O) groups excluding carboxylic acids is 3. The van der Waals surface area contributed by atoms with E-state index in [1.54, 1.807) is 6.92 Å². The number of nitro groups is 1. The number of anilines is 1. The number of rotatable bonds is 9. The first-order valence-electron chi connectivity index (χ1n) is 8.25. The molecular weight excluding hydrogens is 422 g/mol. The summed E-state index contributed by atoms with van der Waals surface area (Å²) >= 11 is 2.14. The van der Waals surface area contributed by atoms with Gasteiger partial charge in [-0.3, -0.25) is 29.8 Å². The predicted molar refractivity (Wildman–Crippen MR) is 106 cm³/mol. The van der Waals surface area contributed by atoms with Crippen LogP contribution < -0.4 is 10.6 Å². The lowest BCUT2D eigenvalue weighted by Gasteiger charge is -2.05. The van der Waals surface area contributed by atoms with Gasteiger partial charge in [0.2, 0.25) is 11.0 Å². The van der Waals surface area contributed by atoms with Gasteiger partial charge in [0.15, 0.2) is 4.34 Å².